The molecular formula is C64H112O6. The molecule has 6 heteroatoms. The van der Waals surface area contributed by atoms with E-state index in [1.165, 1.54) is 173 Å². The predicted molar refractivity (Wildman–Crippen MR) is 302 cm³/mol. The second-order valence-electron chi connectivity index (χ2n) is 19.9. The van der Waals surface area contributed by atoms with Crippen molar-refractivity contribution in [3.63, 3.8) is 0 Å². The van der Waals surface area contributed by atoms with E-state index in [9.17, 15) is 14.4 Å². The molecule has 404 valence electrons. The van der Waals surface area contributed by atoms with E-state index in [1.807, 2.05) is 0 Å². The largest absolute Gasteiger partial charge is 0.462 e. The minimum Gasteiger partial charge on any atom is -0.462 e. The molecule has 0 heterocycles. The number of carbonyl (C=O) groups excluding carboxylic acids is 3. The van der Waals surface area contributed by atoms with E-state index in [2.05, 4.69) is 93.7 Å². The van der Waals surface area contributed by atoms with E-state index in [0.29, 0.717) is 19.3 Å². The van der Waals surface area contributed by atoms with Gasteiger partial charge in [0.05, 0.1) is 0 Å². The van der Waals surface area contributed by atoms with Gasteiger partial charge in [-0.2, -0.15) is 0 Å². The Bertz CT molecular complexity index is 1310. The molecule has 0 N–H and O–H groups in total. The van der Waals surface area contributed by atoms with Gasteiger partial charge < -0.3 is 14.2 Å². The van der Waals surface area contributed by atoms with E-state index in [-0.39, 0.29) is 31.1 Å². The second-order valence-corrected chi connectivity index (χ2v) is 19.9. The number of unbranched alkanes of at least 4 members (excludes halogenated alkanes) is 31. The fourth-order valence-corrected chi connectivity index (χ4v) is 8.42. The van der Waals surface area contributed by atoms with Crippen molar-refractivity contribution in [2.75, 3.05) is 13.2 Å². The van der Waals surface area contributed by atoms with Crippen molar-refractivity contribution in [3.05, 3.63) is 72.9 Å². The van der Waals surface area contributed by atoms with Gasteiger partial charge in [-0.25, -0.2) is 0 Å². The molecular weight excluding hydrogens is 865 g/mol. The minimum atomic E-state index is -0.796. The Morgan fingerprint density at radius 3 is 0.914 bits per heavy atom. The molecule has 0 saturated heterocycles. The summed E-state index contributed by atoms with van der Waals surface area (Å²) in [6, 6.07) is 0. The second kappa shape index (κ2) is 58.4. The monoisotopic (exact) mass is 977 g/mol. The van der Waals surface area contributed by atoms with Gasteiger partial charge in [0.1, 0.15) is 13.2 Å². The average Bonchev–Trinajstić information content (AvgIpc) is 3.36. The smallest absolute Gasteiger partial charge is 0.306 e. The third-order valence-electron chi connectivity index (χ3n) is 12.9. The van der Waals surface area contributed by atoms with Gasteiger partial charge in [-0.05, 0) is 109 Å². The summed E-state index contributed by atoms with van der Waals surface area (Å²) >= 11 is 0. The Hall–Kier alpha value is -3.15. The SMILES string of the molecule is CC/C=C\C/C=C\C/C=C\C/C=C\CCCCC(=O)OCC(COC(=O)CCCCCCCCCCC/C=C\CCCCCCCC)OC(=O)CCCCCCCCC/C=C\CCCCCCCCC. The van der Waals surface area contributed by atoms with Crippen molar-refractivity contribution in [1.29, 1.82) is 0 Å². The van der Waals surface area contributed by atoms with Crippen molar-refractivity contribution in [2.45, 2.75) is 303 Å². The lowest BCUT2D eigenvalue weighted by molar-refractivity contribution is -0.167. The third kappa shape index (κ3) is 55.8. The molecule has 1 unspecified atom stereocenters. The van der Waals surface area contributed by atoms with Crippen molar-refractivity contribution >= 4 is 17.9 Å². The highest BCUT2D eigenvalue weighted by Crippen LogP contribution is 2.15. The van der Waals surface area contributed by atoms with E-state index < -0.39 is 6.10 Å². The Balaban J connectivity index is 4.41. The minimum absolute atomic E-state index is 0.0904. The van der Waals surface area contributed by atoms with E-state index >= 15 is 0 Å². The average molecular weight is 978 g/mol. The van der Waals surface area contributed by atoms with Crippen LogP contribution in [0.3, 0.4) is 0 Å². The molecule has 0 aliphatic rings. The van der Waals surface area contributed by atoms with Gasteiger partial charge in [0, 0.05) is 19.3 Å². The predicted octanol–water partition coefficient (Wildman–Crippen LogP) is 20.2. The van der Waals surface area contributed by atoms with Crippen LogP contribution >= 0.6 is 0 Å². The van der Waals surface area contributed by atoms with E-state index in [1.54, 1.807) is 0 Å². The summed E-state index contributed by atoms with van der Waals surface area (Å²) in [6.45, 7) is 6.51. The third-order valence-corrected chi connectivity index (χ3v) is 12.9. The molecule has 0 fully saturated rings. The topological polar surface area (TPSA) is 78.9 Å². The first-order chi connectivity index (χ1) is 34.5. The lowest BCUT2D eigenvalue weighted by Crippen LogP contribution is -2.30. The van der Waals surface area contributed by atoms with Gasteiger partial charge in [-0.3, -0.25) is 14.4 Å². The zero-order valence-corrected chi connectivity index (χ0v) is 46.3. The van der Waals surface area contributed by atoms with Crippen LogP contribution in [0.2, 0.25) is 0 Å². The molecule has 0 bridgehead atoms. The summed E-state index contributed by atoms with van der Waals surface area (Å²) in [4.78, 5) is 38.2. The van der Waals surface area contributed by atoms with Gasteiger partial charge in [0.25, 0.3) is 0 Å². The number of esters is 3. The molecule has 70 heavy (non-hydrogen) atoms. The van der Waals surface area contributed by atoms with Crippen molar-refractivity contribution < 1.29 is 28.6 Å². The van der Waals surface area contributed by atoms with E-state index in [4.69, 9.17) is 14.2 Å². The fraction of sp³-hybridized carbons (Fsp3) is 0.766. The molecule has 0 aromatic carbocycles. The standard InChI is InChI=1S/C64H112O6/c1-4-7-10-13-16-19-22-25-28-30-32-34-36-39-42-45-48-51-54-57-63(66)69-60-61(59-68-62(65)56-53-50-47-44-41-38-35-27-24-21-18-15-12-9-6-3)70-64(67)58-55-52-49-46-43-40-37-33-31-29-26-23-20-17-14-11-8-5-2/h9,12,18,21,25,27-29,31,35,41,44,61H,4-8,10-11,13-17,19-20,22-24,26,30,32-34,36-40,42-43,45-60H2,1-3H3/b12-9-,21-18-,28-25-,31-29-,35-27-,44-41-. The molecule has 0 rings (SSSR count). The Labute approximate surface area is 433 Å². The van der Waals surface area contributed by atoms with Crippen LogP contribution < -0.4 is 0 Å². The van der Waals surface area contributed by atoms with Crippen LogP contribution in [0.4, 0.5) is 0 Å². The number of hydrogen-bond acceptors (Lipinski definition) is 6. The Morgan fingerprint density at radius 1 is 0.300 bits per heavy atom. The van der Waals surface area contributed by atoms with E-state index in [0.717, 1.165) is 83.5 Å². The number of rotatable bonds is 54. The van der Waals surface area contributed by atoms with Gasteiger partial charge in [-0.1, -0.05) is 241 Å². The Kier molecular flexibility index (Phi) is 55.8. The molecule has 0 aliphatic carbocycles. The van der Waals surface area contributed by atoms with Crippen LogP contribution in [0.15, 0.2) is 72.9 Å². The lowest BCUT2D eigenvalue weighted by Gasteiger charge is -2.18. The highest BCUT2D eigenvalue weighted by Gasteiger charge is 2.19. The number of ether oxygens (including phenoxy) is 3. The normalized spacial score (nSPS) is 12.6. The zero-order chi connectivity index (χ0) is 50.7. The first-order valence-corrected chi connectivity index (χ1v) is 29.9. The van der Waals surface area contributed by atoms with Gasteiger partial charge in [-0.15, -0.1) is 0 Å². The van der Waals surface area contributed by atoms with Crippen molar-refractivity contribution in [2.24, 2.45) is 0 Å². The summed E-state index contributed by atoms with van der Waals surface area (Å²) in [6.07, 6.45) is 74.7. The maximum atomic E-state index is 12.9. The quantitative estimate of drug-likeness (QED) is 0.0261. The number of carbonyl (C=O) groups is 3. The van der Waals surface area contributed by atoms with Gasteiger partial charge >= 0.3 is 17.9 Å². The van der Waals surface area contributed by atoms with Crippen molar-refractivity contribution in [1.82, 2.24) is 0 Å². The molecule has 0 aliphatic heterocycles. The van der Waals surface area contributed by atoms with Crippen LogP contribution in [0, 0.1) is 0 Å². The molecule has 0 aromatic heterocycles. The fourth-order valence-electron chi connectivity index (χ4n) is 8.42. The van der Waals surface area contributed by atoms with Gasteiger partial charge in [0.2, 0.25) is 0 Å². The molecule has 0 radical (unpaired) electrons. The van der Waals surface area contributed by atoms with Crippen LogP contribution in [0.5, 0.6) is 0 Å². The lowest BCUT2D eigenvalue weighted by atomic mass is 10.1. The highest BCUT2D eigenvalue weighted by molar-refractivity contribution is 5.71. The van der Waals surface area contributed by atoms with Crippen LogP contribution in [-0.2, 0) is 28.6 Å². The Morgan fingerprint density at radius 2 is 0.557 bits per heavy atom. The summed E-state index contributed by atoms with van der Waals surface area (Å²) in [5, 5.41) is 0. The molecule has 0 saturated carbocycles. The van der Waals surface area contributed by atoms with Crippen LogP contribution in [-0.4, -0.2) is 37.2 Å². The summed E-state index contributed by atoms with van der Waals surface area (Å²) < 4.78 is 16.9. The van der Waals surface area contributed by atoms with Crippen LogP contribution in [0.1, 0.15) is 297 Å². The molecule has 0 amide bonds. The number of allylic oxidation sites excluding steroid dienone is 12. The summed E-state index contributed by atoms with van der Waals surface area (Å²) in [5.41, 5.74) is 0. The molecule has 0 aromatic rings. The maximum absolute atomic E-state index is 12.9. The molecule has 0 spiro atoms. The van der Waals surface area contributed by atoms with Crippen LogP contribution in [0.25, 0.3) is 0 Å². The molecule has 6 nitrogen and oxygen atoms in total. The van der Waals surface area contributed by atoms with Gasteiger partial charge in [0.15, 0.2) is 6.10 Å². The highest BCUT2D eigenvalue weighted by atomic mass is 16.6. The first-order valence-electron chi connectivity index (χ1n) is 29.9. The summed E-state index contributed by atoms with van der Waals surface area (Å²) in [7, 11) is 0. The zero-order valence-electron chi connectivity index (χ0n) is 46.3. The summed E-state index contributed by atoms with van der Waals surface area (Å²) in [5.74, 6) is -0.930. The molecule has 1 atom stereocenters. The maximum Gasteiger partial charge on any atom is 0.306 e. The number of hydrogen-bond donors (Lipinski definition) is 0. The van der Waals surface area contributed by atoms with Crippen molar-refractivity contribution in [3.8, 4) is 0 Å². The first kappa shape index (κ1) is 66.9.